The number of hydrogen-bond acceptors (Lipinski definition) is 5. The summed E-state index contributed by atoms with van der Waals surface area (Å²) >= 11 is 1.62. The third-order valence-electron chi connectivity index (χ3n) is 4.06. The van der Waals surface area contributed by atoms with Crippen LogP contribution in [0.15, 0.2) is 70.7 Å². The highest BCUT2D eigenvalue weighted by Crippen LogP contribution is 2.40. The molecule has 3 atom stereocenters. The minimum absolute atomic E-state index is 0.0731. The standard InChI is InChI=1S/C18H14FN3OS/c19-18(10-20)9-12-3-1-11(7-15(12)22-18)2-6-17-21-14-5-4-13(23)8-16(14)24-17/h1-9,15,17,21-23H/b6-2+. The molecule has 1 aliphatic carbocycles. The van der Waals surface area contributed by atoms with Gasteiger partial charge in [-0.25, -0.2) is 4.39 Å². The summed E-state index contributed by atoms with van der Waals surface area (Å²) < 4.78 is 14.0. The highest BCUT2D eigenvalue weighted by atomic mass is 32.2. The first kappa shape index (κ1) is 15.1. The first-order valence-corrected chi connectivity index (χ1v) is 8.38. The van der Waals surface area contributed by atoms with Gasteiger partial charge in [0, 0.05) is 10.6 Å². The number of phenols is 1. The maximum atomic E-state index is 14.0. The second kappa shape index (κ2) is 5.55. The van der Waals surface area contributed by atoms with E-state index >= 15 is 0 Å². The van der Waals surface area contributed by atoms with E-state index in [-0.39, 0.29) is 17.2 Å². The van der Waals surface area contributed by atoms with Crippen molar-refractivity contribution in [3.8, 4) is 11.8 Å². The summed E-state index contributed by atoms with van der Waals surface area (Å²) in [6, 6.07) is 6.60. The van der Waals surface area contributed by atoms with Gasteiger partial charge in [-0.15, -0.1) is 0 Å². The molecule has 6 heteroatoms. The number of nitrogens with zero attached hydrogens (tertiary/aromatic N) is 1. The van der Waals surface area contributed by atoms with Gasteiger partial charge in [0.05, 0.1) is 11.4 Å². The monoisotopic (exact) mass is 339 g/mol. The van der Waals surface area contributed by atoms with Crippen molar-refractivity contribution in [1.82, 2.24) is 5.32 Å². The van der Waals surface area contributed by atoms with Crippen molar-refractivity contribution < 1.29 is 9.50 Å². The number of anilines is 1. The van der Waals surface area contributed by atoms with E-state index in [9.17, 15) is 9.50 Å². The van der Waals surface area contributed by atoms with Gasteiger partial charge < -0.3 is 10.4 Å². The maximum absolute atomic E-state index is 14.0. The lowest BCUT2D eigenvalue weighted by Crippen LogP contribution is -2.38. The number of aromatic hydroxyl groups is 1. The summed E-state index contributed by atoms with van der Waals surface area (Å²) in [4.78, 5) is 1.01. The zero-order chi connectivity index (χ0) is 16.7. The number of rotatable bonds is 2. The van der Waals surface area contributed by atoms with Crippen LogP contribution in [0.5, 0.6) is 5.75 Å². The highest BCUT2D eigenvalue weighted by molar-refractivity contribution is 8.00. The van der Waals surface area contributed by atoms with Crippen LogP contribution in [0, 0.1) is 11.3 Å². The topological polar surface area (TPSA) is 68.1 Å². The maximum Gasteiger partial charge on any atom is 0.268 e. The Labute approximate surface area is 143 Å². The van der Waals surface area contributed by atoms with Crippen LogP contribution in [0.4, 0.5) is 10.1 Å². The second-order valence-electron chi connectivity index (χ2n) is 5.81. The highest BCUT2D eigenvalue weighted by Gasteiger charge is 2.37. The van der Waals surface area contributed by atoms with Gasteiger partial charge in [-0.05, 0) is 35.4 Å². The minimum Gasteiger partial charge on any atom is -0.508 e. The molecule has 1 aromatic rings. The lowest BCUT2D eigenvalue weighted by atomic mass is 9.99. The number of nitrogens with one attached hydrogen (secondary N) is 2. The van der Waals surface area contributed by atoms with Crippen molar-refractivity contribution >= 4 is 17.4 Å². The summed E-state index contributed by atoms with van der Waals surface area (Å²) in [5.41, 5.74) is 2.72. The first-order chi connectivity index (χ1) is 11.5. The van der Waals surface area contributed by atoms with E-state index in [4.69, 9.17) is 5.26 Å². The first-order valence-electron chi connectivity index (χ1n) is 7.50. The SMILES string of the molecule is N#CC1(F)C=C2C=CC(/C=C/C3Nc4ccc(O)cc4S3)=CC2N1. The third-order valence-corrected chi connectivity index (χ3v) is 5.18. The Morgan fingerprint density at radius 3 is 3.08 bits per heavy atom. The molecule has 4 rings (SSSR count). The quantitative estimate of drug-likeness (QED) is 0.569. The zero-order valence-corrected chi connectivity index (χ0v) is 13.3. The Morgan fingerprint density at radius 1 is 1.38 bits per heavy atom. The molecule has 2 heterocycles. The molecule has 0 saturated carbocycles. The fourth-order valence-corrected chi connectivity index (χ4v) is 3.97. The third kappa shape index (κ3) is 2.73. The van der Waals surface area contributed by atoms with E-state index in [1.165, 1.54) is 6.08 Å². The normalized spacial score (nSPS) is 30.3. The molecule has 0 bridgehead atoms. The van der Waals surface area contributed by atoms with Crippen molar-refractivity contribution in [1.29, 1.82) is 5.26 Å². The number of thioether (sulfide) groups is 1. The molecule has 120 valence electrons. The molecule has 2 aliphatic heterocycles. The van der Waals surface area contributed by atoms with Gasteiger partial charge in [0.1, 0.15) is 11.8 Å². The van der Waals surface area contributed by atoms with E-state index in [2.05, 4.69) is 10.6 Å². The average molecular weight is 339 g/mol. The second-order valence-corrected chi connectivity index (χ2v) is 7.00. The fourth-order valence-electron chi connectivity index (χ4n) is 2.91. The number of halogens is 1. The van der Waals surface area contributed by atoms with Gasteiger partial charge in [0.25, 0.3) is 5.79 Å². The predicted octanol–water partition coefficient (Wildman–Crippen LogP) is 3.38. The van der Waals surface area contributed by atoms with E-state index < -0.39 is 5.79 Å². The number of hydrogen-bond donors (Lipinski definition) is 3. The molecule has 4 nitrogen and oxygen atoms in total. The van der Waals surface area contributed by atoms with E-state index in [0.717, 1.165) is 21.7 Å². The van der Waals surface area contributed by atoms with Gasteiger partial charge in [-0.2, -0.15) is 5.26 Å². The number of fused-ring (bicyclic) bond motifs is 2. The van der Waals surface area contributed by atoms with Crippen LogP contribution < -0.4 is 10.6 Å². The predicted molar refractivity (Wildman–Crippen MR) is 92.2 cm³/mol. The van der Waals surface area contributed by atoms with Gasteiger partial charge in [0.15, 0.2) is 0 Å². The molecule has 0 amide bonds. The number of benzene rings is 1. The molecule has 0 saturated heterocycles. The van der Waals surface area contributed by atoms with E-state index in [1.807, 2.05) is 36.4 Å². The number of phenolic OH excluding ortho intramolecular Hbond substituents is 1. The smallest absolute Gasteiger partial charge is 0.268 e. The number of allylic oxidation sites excluding steroid dienone is 3. The van der Waals surface area contributed by atoms with Gasteiger partial charge in [0.2, 0.25) is 0 Å². The molecule has 3 aliphatic rings. The minimum atomic E-state index is -2.09. The summed E-state index contributed by atoms with van der Waals surface area (Å²) in [5, 5.41) is 24.5. The molecule has 1 aromatic carbocycles. The molecule has 0 aromatic heterocycles. The zero-order valence-electron chi connectivity index (χ0n) is 12.5. The van der Waals surface area contributed by atoms with Crippen molar-refractivity contribution in [3.05, 3.63) is 65.8 Å². The molecule has 0 fully saturated rings. The van der Waals surface area contributed by atoms with Crippen LogP contribution in [-0.2, 0) is 0 Å². The summed E-state index contributed by atoms with van der Waals surface area (Å²) in [6.07, 6.45) is 11.0. The Morgan fingerprint density at radius 2 is 2.25 bits per heavy atom. The average Bonchev–Trinajstić information content (AvgIpc) is 3.12. The lowest BCUT2D eigenvalue weighted by Gasteiger charge is -2.16. The van der Waals surface area contributed by atoms with E-state index in [1.54, 1.807) is 30.0 Å². The van der Waals surface area contributed by atoms with Gasteiger partial charge in [-0.1, -0.05) is 42.1 Å². The largest absolute Gasteiger partial charge is 0.508 e. The van der Waals surface area contributed by atoms with Crippen LogP contribution in [0.3, 0.4) is 0 Å². The molecule has 3 N–H and O–H groups in total. The van der Waals surface area contributed by atoms with Crippen molar-refractivity contribution in [2.75, 3.05) is 5.32 Å². The van der Waals surface area contributed by atoms with Crippen molar-refractivity contribution in [2.45, 2.75) is 22.1 Å². The summed E-state index contributed by atoms with van der Waals surface area (Å²) in [6.45, 7) is 0. The van der Waals surface area contributed by atoms with E-state index in [0.29, 0.717) is 0 Å². The van der Waals surface area contributed by atoms with Gasteiger partial charge in [-0.3, -0.25) is 5.32 Å². The molecule has 24 heavy (non-hydrogen) atoms. The van der Waals surface area contributed by atoms with Crippen molar-refractivity contribution in [3.63, 3.8) is 0 Å². The lowest BCUT2D eigenvalue weighted by molar-refractivity contribution is 0.259. The Kier molecular flexibility index (Phi) is 3.48. The molecule has 0 spiro atoms. The van der Waals surface area contributed by atoms with Crippen molar-refractivity contribution in [2.24, 2.45) is 0 Å². The Balaban J connectivity index is 1.46. The van der Waals surface area contributed by atoms with Crippen LogP contribution >= 0.6 is 11.8 Å². The van der Waals surface area contributed by atoms with Gasteiger partial charge >= 0.3 is 0 Å². The van der Waals surface area contributed by atoms with Crippen LogP contribution in [0.25, 0.3) is 0 Å². The Bertz CT molecular complexity index is 868. The van der Waals surface area contributed by atoms with Crippen LogP contribution in [0.1, 0.15) is 0 Å². The molecular weight excluding hydrogens is 325 g/mol. The molecule has 0 radical (unpaired) electrons. The fraction of sp³-hybridized carbons (Fsp3) is 0.167. The van der Waals surface area contributed by atoms with Crippen LogP contribution in [0.2, 0.25) is 0 Å². The number of nitriles is 1. The molecule has 3 unspecified atom stereocenters. The number of alkyl halides is 1. The Hall–Kier alpha value is -2.49. The molecular formula is C18H14FN3OS. The summed E-state index contributed by atoms with van der Waals surface area (Å²) in [7, 11) is 0. The van der Waals surface area contributed by atoms with Crippen LogP contribution in [-0.4, -0.2) is 22.3 Å². The summed E-state index contributed by atoms with van der Waals surface area (Å²) in [5.74, 6) is -1.84.